The van der Waals surface area contributed by atoms with Crippen molar-refractivity contribution >= 4 is 0 Å². The summed E-state index contributed by atoms with van der Waals surface area (Å²) in [5.74, 6) is 0. The van der Waals surface area contributed by atoms with Gasteiger partial charge in [0.1, 0.15) is 0 Å². The molecule has 1 aliphatic carbocycles. The smallest absolute Gasteiger partial charge is 0.0713 e. The van der Waals surface area contributed by atoms with Crippen molar-refractivity contribution in [2.24, 2.45) is 5.73 Å². The van der Waals surface area contributed by atoms with Crippen LogP contribution in [0.15, 0.2) is 122 Å². The van der Waals surface area contributed by atoms with Crippen LogP contribution in [0.5, 0.6) is 0 Å². The Morgan fingerprint density at radius 2 is 0.931 bits per heavy atom. The Morgan fingerprint density at radius 1 is 0.586 bits per heavy atom. The lowest BCUT2D eigenvalue weighted by Crippen LogP contribution is -2.28. The molecule has 0 saturated heterocycles. The van der Waals surface area contributed by atoms with E-state index in [1.807, 2.05) is 0 Å². The van der Waals surface area contributed by atoms with Gasteiger partial charge in [0.2, 0.25) is 0 Å². The summed E-state index contributed by atoms with van der Waals surface area (Å²) in [6, 6.07) is 39.5. The highest BCUT2D eigenvalue weighted by molar-refractivity contribution is 5.86. The Kier molecular flexibility index (Phi) is 5.41. The van der Waals surface area contributed by atoms with Crippen molar-refractivity contribution in [2.45, 2.75) is 5.41 Å². The largest absolute Gasteiger partial charge is 0.327 e. The molecule has 1 nitrogen and oxygen atoms in total. The monoisotopic (exact) mass is 375 g/mol. The first-order valence-corrected chi connectivity index (χ1v) is 9.95. The molecule has 0 bridgehead atoms. The van der Waals surface area contributed by atoms with E-state index in [1.54, 1.807) is 6.08 Å². The summed E-state index contributed by atoms with van der Waals surface area (Å²) >= 11 is 0. The third-order valence-electron chi connectivity index (χ3n) is 5.53. The zero-order valence-corrected chi connectivity index (χ0v) is 16.5. The van der Waals surface area contributed by atoms with E-state index in [9.17, 15) is 0 Å². The average molecular weight is 376 g/mol. The van der Waals surface area contributed by atoms with Gasteiger partial charge in [-0.2, -0.15) is 0 Å². The van der Waals surface area contributed by atoms with Gasteiger partial charge in [-0.25, -0.2) is 0 Å². The van der Waals surface area contributed by atoms with Gasteiger partial charge in [0.05, 0.1) is 5.41 Å². The molecule has 0 atom stereocenters. The topological polar surface area (TPSA) is 26.0 Å². The molecule has 0 heterocycles. The number of rotatable bonds is 3. The second kappa shape index (κ2) is 8.30. The first-order valence-electron chi connectivity index (χ1n) is 9.95. The molecule has 29 heavy (non-hydrogen) atoms. The average Bonchev–Trinajstić information content (AvgIpc) is 3.12. The van der Waals surface area contributed by atoms with Gasteiger partial charge in [-0.05, 0) is 33.4 Å². The van der Waals surface area contributed by atoms with Gasteiger partial charge in [0.15, 0.2) is 0 Å². The van der Waals surface area contributed by atoms with E-state index in [2.05, 4.69) is 116 Å². The van der Waals surface area contributed by atoms with Crippen LogP contribution < -0.4 is 5.73 Å². The molecule has 0 aromatic heterocycles. The highest BCUT2D eigenvalue weighted by Crippen LogP contribution is 2.55. The number of hydrogen-bond donors (Lipinski definition) is 1. The minimum Gasteiger partial charge on any atom is -0.327 e. The van der Waals surface area contributed by atoms with Gasteiger partial charge in [0.25, 0.3) is 0 Å². The predicted molar refractivity (Wildman–Crippen MR) is 123 cm³/mol. The molecule has 0 radical (unpaired) electrons. The third kappa shape index (κ3) is 3.10. The van der Waals surface area contributed by atoms with Crippen molar-refractivity contribution < 1.29 is 0 Å². The molecule has 0 amide bonds. The van der Waals surface area contributed by atoms with Crippen molar-refractivity contribution in [3.05, 3.63) is 144 Å². The minimum absolute atomic E-state index is 0.254. The molecule has 1 heteroatoms. The minimum atomic E-state index is -0.254. The molecular weight excluding hydrogens is 350 g/mol. The molecule has 142 valence electrons. The Hall–Kier alpha value is -3.42. The lowest BCUT2D eigenvalue weighted by molar-refractivity contribution is 0.768. The highest BCUT2D eigenvalue weighted by Gasteiger charge is 2.45. The second-order valence-electron chi connectivity index (χ2n) is 7.10. The summed E-state index contributed by atoms with van der Waals surface area (Å²) in [5, 5.41) is 0. The summed E-state index contributed by atoms with van der Waals surface area (Å²) < 4.78 is 0. The second-order valence-corrected chi connectivity index (χ2v) is 7.10. The van der Waals surface area contributed by atoms with E-state index >= 15 is 0 Å². The first-order chi connectivity index (χ1) is 14.3. The molecule has 1 aliphatic rings. The van der Waals surface area contributed by atoms with Gasteiger partial charge in [-0.1, -0.05) is 115 Å². The van der Waals surface area contributed by atoms with Crippen LogP contribution in [-0.4, -0.2) is 6.54 Å². The summed E-state index contributed by atoms with van der Waals surface area (Å²) in [6.45, 7) is 3.94. The van der Waals surface area contributed by atoms with Crippen LogP contribution in [0.25, 0.3) is 11.1 Å². The zero-order chi connectivity index (χ0) is 20.1. The summed E-state index contributed by atoms with van der Waals surface area (Å²) in [5.41, 5.74) is 12.7. The summed E-state index contributed by atoms with van der Waals surface area (Å²) in [7, 11) is 0. The van der Waals surface area contributed by atoms with Crippen molar-refractivity contribution in [3.8, 4) is 11.1 Å². The zero-order valence-electron chi connectivity index (χ0n) is 16.5. The van der Waals surface area contributed by atoms with Gasteiger partial charge in [0, 0.05) is 6.54 Å². The molecule has 4 aromatic carbocycles. The lowest BCUT2D eigenvalue weighted by atomic mass is 9.68. The maximum atomic E-state index is 4.91. The van der Waals surface area contributed by atoms with Gasteiger partial charge in [-0.15, -0.1) is 6.58 Å². The Labute approximate surface area is 173 Å². The standard InChI is InChI=1S/C25H18.C3H7N/c1-3-11-19(12-4-1)25(20-13-5-2-6-14-20)23-17-9-7-15-21(23)22-16-8-10-18-24(22)25;1-2-3-4/h1-18H;2H,1,3-4H2. The van der Waals surface area contributed by atoms with Crippen LogP contribution in [0.3, 0.4) is 0 Å². The number of hydrogen-bond acceptors (Lipinski definition) is 1. The number of fused-ring (bicyclic) bond motifs is 3. The van der Waals surface area contributed by atoms with Crippen LogP contribution in [0.2, 0.25) is 0 Å². The molecular formula is C28H25N. The highest BCUT2D eigenvalue weighted by atomic mass is 14.5. The maximum absolute atomic E-state index is 4.91. The SMILES string of the molecule is C=CCN.c1ccc(C2(c3ccccc3)c3ccccc3-c3ccccc32)cc1. The normalized spacial score (nSPS) is 12.9. The summed E-state index contributed by atoms with van der Waals surface area (Å²) in [4.78, 5) is 0. The van der Waals surface area contributed by atoms with Crippen LogP contribution >= 0.6 is 0 Å². The fourth-order valence-corrected chi connectivity index (χ4v) is 4.40. The quantitative estimate of drug-likeness (QED) is 0.374. The van der Waals surface area contributed by atoms with Crippen LogP contribution in [0.1, 0.15) is 22.3 Å². The van der Waals surface area contributed by atoms with E-state index in [0.717, 1.165) is 0 Å². The summed E-state index contributed by atoms with van der Waals surface area (Å²) in [6.07, 6.45) is 1.65. The van der Waals surface area contributed by atoms with Gasteiger partial charge < -0.3 is 5.73 Å². The molecule has 0 saturated carbocycles. The van der Waals surface area contributed by atoms with E-state index in [1.165, 1.54) is 33.4 Å². The van der Waals surface area contributed by atoms with Crippen LogP contribution in [-0.2, 0) is 5.41 Å². The van der Waals surface area contributed by atoms with Gasteiger partial charge in [-0.3, -0.25) is 0 Å². The molecule has 0 unspecified atom stereocenters. The van der Waals surface area contributed by atoms with Crippen molar-refractivity contribution in [3.63, 3.8) is 0 Å². The Balaban J connectivity index is 0.000000472. The fourth-order valence-electron chi connectivity index (χ4n) is 4.40. The lowest BCUT2D eigenvalue weighted by Gasteiger charge is -2.33. The molecule has 0 aliphatic heterocycles. The predicted octanol–water partition coefficient (Wildman–Crippen LogP) is 6.18. The third-order valence-corrected chi connectivity index (χ3v) is 5.53. The number of nitrogens with two attached hydrogens (primary N) is 1. The van der Waals surface area contributed by atoms with E-state index < -0.39 is 0 Å². The molecule has 4 aromatic rings. The van der Waals surface area contributed by atoms with Crippen molar-refractivity contribution in [1.82, 2.24) is 0 Å². The first kappa shape index (κ1) is 18.9. The number of benzene rings is 4. The van der Waals surface area contributed by atoms with E-state index in [0.29, 0.717) is 6.54 Å². The molecule has 0 spiro atoms. The maximum Gasteiger partial charge on any atom is 0.0713 e. The van der Waals surface area contributed by atoms with Gasteiger partial charge >= 0.3 is 0 Å². The van der Waals surface area contributed by atoms with E-state index in [-0.39, 0.29) is 5.41 Å². The van der Waals surface area contributed by atoms with Crippen LogP contribution in [0, 0.1) is 0 Å². The Morgan fingerprint density at radius 3 is 1.31 bits per heavy atom. The molecule has 5 rings (SSSR count). The Bertz CT molecular complexity index is 1010. The van der Waals surface area contributed by atoms with Crippen molar-refractivity contribution in [2.75, 3.05) is 6.54 Å². The fraction of sp³-hybridized carbons (Fsp3) is 0.0714. The van der Waals surface area contributed by atoms with Crippen LogP contribution in [0.4, 0.5) is 0 Å². The van der Waals surface area contributed by atoms with E-state index in [4.69, 9.17) is 5.73 Å². The molecule has 0 fully saturated rings. The van der Waals surface area contributed by atoms with Crippen molar-refractivity contribution in [1.29, 1.82) is 0 Å². The molecule has 2 N–H and O–H groups in total.